The summed E-state index contributed by atoms with van der Waals surface area (Å²) in [5.74, 6) is 0. The van der Waals surface area contributed by atoms with Gasteiger partial charge in [0.15, 0.2) is 0 Å². The van der Waals surface area contributed by atoms with E-state index in [1.54, 1.807) is 0 Å². The molecule has 1 saturated heterocycles. The van der Waals surface area contributed by atoms with Gasteiger partial charge in [0.1, 0.15) is 0 Å². The number of hydrogen-bond acceptors (Lipinski definition) is 3. The number of hydrogen-bond donors (Lipinski definition) is 1. The smallest absolute Gasteiger partial charge is 0.370 e. The van der Waals surface area contributed by atoms with Crippen molar-refractivity contribution >= 4 is 16.6 Å². The number of piperazine rings is 1. The fraction of sp³-hybridized carbons (Fsp3) is 0.308. The Labute approximate surface area is 124 Å². The molecular weight excluding hydrogens is 221 g/mol. The molecule has 1 aliphatic heterocycles. The largest absolute Gasteiger partial charge is 1.00 e. The van der Waals surface area contributed by atoms with Crippen LogP contribution in [0.4, 0.5) is 5.69 Å². The zero-order valence-electron chi connectivity index (χ0n) is 10.1. The Morgan fingerprint density at radius 1 is 1.24 bits per heavy atom. The summed E-state index contributed by atoms with van der Waals surface area (Å²) in [4.78, 5) is 6.78. The van der Waals surface area contributed by atoms with Crippen LogP contribution in [0.15, 0.2) is 30.5 Å². The minimum absolute atomic E-state index is 0. The molecule has 82 valence electrons. The molecule has 0 unspecified atom stereocenters. The first kappa shape index (κ1) is 12.8. The van der Waals surface area contributed by atoms with E-state index in [4.69, 9.17) is 0 Å². The van der Waals surface area contributed by atoms with Gasteiger partial charge in [-0.3, -0.25) is 0 Å². The predicted octanol–water partition coefficient (Wildman–Crippen LogP) is -1.55. The molecule has 1 aromatic carbocycles. The van der Waals surface area contributed by atoms with Crippen LogP contribution in [-0.2, 0) is 0 Å². The van der Waals surface area contributed by atoms with Gasteiger partial charge in [-0.2, -0.15) is 24.3 Å². The molecule has 1 fully saturated rings. The van der Waals surface area contributed by atoms with Gasteiger partial charge < -0.3 is 15.2 Å². The summed E-state index contributed by atoms with van der Waals surface area (Å²) in [7, 11) is 0. The molecule has 0 aliphatic carbocycles. The Hall–Kier alpha value is -0.610. The maximum absolute atomic E-state index is 4.36. The Kier molecular flexibility index (Phi) is 4.40. The van der Waals surface area contributed by atoms with Crippen molar-refractivity contribution in [2.24, 2.45) is 0 Å². The summed E-state index contributed by atoms with van der Waals surface area (Å²) in [6.45, 7) is 4.25. The number of pyridine rings is 1. The Morgan fingerprint density at radius 2 is 2.06 bits per heavy atom. The minimum Gasteiger partial charge on any atom is -0.370 e. The van der Waals surface area contributed by atoms with E-state index in [1.165, 1.54) is 11.1 Å². The van der Waals surface area contributed by atoms with Crippen LogP contribution in [0.1, 0.15) is 0 Å². The third-order valence-corrected chi connectivity index (χ3v) is 3.02. The minimum atomic E-state index is 0. The number of aromatic nitrogens is 1. The van der Waals surface area contributed by atoms with Crippen LogP contribution >= 0.6 is 0 Å². The average Bonchev–Trinajstić information content (AvgIpc) is 2.39. The molecule has 0 amide bonds. The molecule has 1 aromatic heterocycles. The van der Waals surface area contributed by atoms with Crippen molar-refractivity contribution < 1.29 is 29.6 Å². The molecule has 0 atom stereocenters. The second kappa shape index (κ2) is 5.83. The van der Waals surface area contributed by atoms with Crippen molar-refractivity contribution in [1.29, 1.82) is 0 Å². The third kappa shape index (κ3) is 2.63. The molecule has 0 spiro atoms. The molecule has 0 radical (unpaired) electrons. The zero-order valence-corrected chi connectivity index (χ0v) is 12.1. The fourth-order valence-corrected chi connectivity index (χ4v) is 2.20. The second-order valence-electron chi connectivity index (χ2n) is 4.01. The SMILES string of the molecule is [Na+].[c-]1ccc2c(N3CCNCC3)ccnc2c1. The maximum Gasteiger partial charge on any atom is 1.00 e. The van der Waals surface area contributed by atoms with E-state index in [-0.39, 0.29) is 29.6 Å². The van der Waals surface area contributed by atoms with Gasteiger partial charge >= 0.3 is 29.6 Å². The molecular formula is C13H14N3Na. The van der Waals surface area contributed by atoms with Gasteiger partial charge in [0.2, 0.25) is 0 Å². The summed E-state index contributed by atoms with van der Waals surface area (Å²) in [6.07, 6.45) is 1.88. The molecule has 4 heteroatoms. The summed E-state index contributed by atoms with van der Waals surface area (Å²) >= 11 is 0. The van der Waals surface area contributed by atoms with Crippen molar-refractivity contribution in [1.82, 2.24) is 10.3 Å². The van der Waals surface area contributed by atoms with Gasteiger partial charge in [-0.1, -0.05) is 5.39 Å². The predicted molar refractivity (Wildman–Crippen MR) is 65.7 cm³/mol. The number of benzene rings is 1. The van der Waals surface area contributed by atoms with Gasteiger partial charge in [0.05, 0.1) is 0 Å². The summed E-state index contributed by atoms with van der Waals surface area (Å²) in [6, 6.07) is 11.2. The number of fused-ring (bicyclic) bond motifs is 1. The van der Waals surface area contributed by atoms with E-state index in [0.29, 0.717) is 0 Å². The van der Waals surface area contributed by atoms with Crippen molar-refractivity contribution in [3.8, 4) is 0 Å². The van der Waals surface area contributed by atoms with Crippen molar-refractivity contribution in [3.05, 3.63) is 36.5 Å². The quantitative estimate of drug-likeness (QED) is 0.479. The molecule has 2 aromatic rings. The molecule has 0 saturated carbocycles. The number of rotatable bonds is 1. The van der Waals surface area contributed by atoms with Crippen molar-refractivity contribution in [2.75, 3.05) is 31.1 Å². The molecule has 3 rings (SSSR count). The summed E-state index contributed by atoms with van der Waals surface area (Å²) < 4.78 is 0. The third-order valence-electron chi connectivity index (χ3n) is 3.02. The van der Waals surface area contributed by atoms with Crippen molar-refractivity contribution in [2.45, 2.75) is 0 Å². The van der Waals surface area contributed by atoms with Crippen LogP contribution in [0.3, 0.4) is 0 Å². The Morgan fingerprint density at radius 3 is 2.88 bits per heavy atom. The summed E-state index contributed by atoms with van der Waals surface area (Å²) in [5, 5.41) is 4.59. The molecule has 1 N–H and O–H groups in total. The van der Waals surface area contributed by atoms with Crippen LogP contribution in [0.2, 0.25) is 0 Å². The maximum atomic E-state index is 4.36. The van der Waals surface area contributed by atoms with Crippen LogP contribution < -0.4 is 39.8 Å². The fourth-order valence-electron chi connectivity index (χ4n) is 2.20. The molecule has 1 aliphatic rings. The molecule has 17 heavy (non-hydrogen) atoms. The molecule has 2 heterocycles. The van der Waals surface area contributed by atoms with E-state index in [2.05, 4.69) is 33.4 Å². The van der Waals surface area contributed by atoms with Crippen molar-refractivity contribution in [3.63, 3.8) is 0 Å². The van der Waals surface area contributed by atoms with E-state index in [0.717, 1.165) is 31.7 Å². The van der Waals surface area contributed by atoms with Crippen LogP contribution in [0.5, 0.6) is 0 Å². The zero-order chi connectivity index (χ0) is 10.8. The topological polar surface area (TPSA) is 28.2 Å². The second-order valence-corrected chi connectivity index (χ2v) is 4.01. The number of nitrogens with one attached hydrogen (secondary N) is 1. The molecule has 3 nitrogen and oxygen atoms in total. The normalized spacial score (nSPS) is 15.6. The van der Waals surface area contributed by atoms with E-state index in [9.17, 15) is 0 Å². The number of nitrogens with zero attached hydrogens (tertiary/aromatic N) is 2. The monoisotopic (exact) mass is 235 g/mol. The van der Waals surface area contributed by atoms with Crippen LogP contribution in [-0.4, -0.2) is 31.2 Å². The first-order chi connectivity index (χ1) is 7.95. The van der Waals surface area contributed by atoms with E-state index in [1.807, 2.05) is 18.3 Å². The Bertz CT molecular complexity index is 489. The molecule has 0 bridgehead atoms. The van der Waals surface area contributed by atoms with Gasteiger partial charge in [-0.05, 0) is 11.6 Å². The van der Waals surface area contributed by atoms with Crippen LogP contribution in [0, 0.1) is 6.07 Å². The summed E-state index contributed by atoms with van der Waals surface area (Å²) in [5.41, 5.74) is 2.32. The average molecular weight is 235 g/mol. The van der Waals surface area contributed by atoms with Gasteiger partial charge in [-0.15, -0.1) is 0 Å². The Balaban J connectivity index is 0.00000108. The van der Waals surface area contributed by atoms with Gasteiger partial charge in [0.25, 0.3) is 0 Å². The first-order valence-corrected chi connectivity index (χ1v) is 5.66. The number of anilines is 1. The van der Waals surface area contributed by atoms with Gasteiger partial charge in [0, 0.05) is 38.1 Å². The van der Waals surface area contributed by atoms with E-state index >= 15 is 0 Å². The van der Waals surface area contributed by atoms with E-state index < -0.39 is 0 Å². The standard InChI is InChI=1S/C13H14N3.Na/c1-2-4-12-11(3-1)13(5-6-15-12)16-9-7-14-8-10-16;/h1,3-6,14H,7-10H2;/q-1;+1. The first-order valence-electron chi connectivity index (χ1n) is 5.66. The van der Waals surface area contributed by atoms with Gasteiger partial charge in [-0.25, -0.2) is 0 Å². The van der Waals surface area contributed by atoms with Crippen LogP contribution in [0.25, 0.3) is 10.9 Å².